The van der Waals surface area contributed by atoms with E-state index in [1.54, 1.807) is 41.4 Å². The Balaban J connectivity index is 1.28. The van der Waals surface area contributed by atoms with E-state index in [1.807, 2.05) is 25.1 Å². The molecule has 1 saturated heterocycles. The van der Waals surface area contributed by atoms with Crippen LogP contribution in [0.15, 0.2) is 54.7 Å². The number of methoxy groups -OCH3 is 1. The van der Waals surface area contributed by atoms with Gasteiger partial charge in [-0.3, -0.25) is 25.2 Å². The second kappa shape index (κ2) is 13.0. The first kappa shape index (κ1) is 31.3. The second-order valence-electron chi connectivity index (χ2n) is 12.2. The smallest absolute Gasteiger partial charge is 0.412 e. The molecule has 11 nitrogen and oxygen atoms in total. The number of benzene rings is 2. The summed E-state index contributed by atoms with van der Waals surface area (Å²) < 4.78 is 10.6. The SMILES string of the molecule is COC(=O)Nc1ccc2c(c1)NC(=O)[C@@H](C)CCC[C@H](CC(=O)N1CCC[C@@]3(C1)OC(=O)Nc1ccc(Cl)cc13)c1cc-2ccn1. The Labute approximate surface area is 272 Å². The van der Waals surface area contributed by atoms with Crippen molar-refractivity contribution in [3.8, 4) is 11.1 Å². The number of anilines is 3. The molecule has 4 amide bonds. The van der Waals surface area contributed by atoms with Gasteiger partial charge in [-0.2, -0.15) is 0 Å². The van der Waals surface area contributed by atoms with E-state index in [0.717, 1.165) is 22.4 Å². The van der Waals surface area contributed by atoms with Crippen molar-refractivity contribution in [1.29, 1.82) is 0 Å². The van der Waals surface area contributed by atoms with Crippen LogP contribution in [0.4, 0.5) is 26.7 Å². The first-order chi connectivity index (χ1) is 22.1. The number of hydrogen-bond acceptors (Lipinski definition) is 7. The number of hydrogen-bond donors (Lipinski definition) is 3. The molecule has 6 rings (SSSR count). The van der Waals surface area contributed by atoms with Crippen molar-refractivity contribution in [1.82, 2.24) is 9.88 Å². The van der Waals surface area contributed by atoms with Gasteiger partial charge in [0.2, 0.25) is 11.8 Å². The molecule has 46 heavy (non-hydrogen) atoms. The van der Waals surface area contributed by atoms with Crippen LogP contribution in [0, 0.1) is 5.92 Å². The number of rotatable bonds is 3. The Morgan fingerprint density at radius 2 is 1.93 bits per heavy atom. The van der Waals surface area contributed by atoms with Crippen LogP contribution in [0.3, 0.4) is 0 Å². The van der Waals surface area contributed by atoms with Crippen LogP contribution in [0.5, 0.6) is 0 Å². The summed E-state index contributed by atoms with van der Waals surface area (Å²) in [4.78, 5) is 58.1. The largest absolute Gasteiger partial charge is 0.453 e. The van der Waals surface area contributed by atoms with Crippen molar-refractivity contribution in [2.75, 3.05) is 36.1 Å². The maximum absolute atomic E-state index is 14.0. The van der Waals surface area contributed by atoms with Gasteiger partial charge < -0.3 is 19.7 Å². The summed E-state index contributed by atoms with van der Waals surface area (Å²) in [6.45, 7) is 2.67. The summed E-state index contributed by atoms with van der Waals surface area (Å²) in [5.41, 5.74) is 3.82. The molecule has 1 spiro atoms. The Bertz CT molecular complexity index is 1700. The van der Waals surface area contributed by atoms with Gasteiger partial charge in [0.15, 0.2) is 5.60 Å². The number of nitrogens with zero attached hydrogens (tertiary/aromatic N) is 2. The number of aromatic nitrogens is 1. The van der Waals surface area contributed by atoms with Crippen LogP contribution in [0.2, 0.25) is 5.02 Å². The van der Waals surface area contributed by atoms with Crippen LogP contribution in [0.25, 0.3) is 11.1 Å². The number of carbonyl (C=O) groups is 4. The lowest BCUT2D eigenvalue weighted by Crippen LogP contribution is -2.53. The summed E-state index contributed by atoms with van der Waals surface area (Å²) >= 11 is 6.33. The van der Waals surface area contributed by atoms with E-state index in [0.29, 0.717) is 60.7 Å². The molecule has 3 N–H and O–H groups in total. The van der Waals surface area contributed by atoms with Crippen LogP contribution in [-0.4, -0.2) is 54.1 Å². The number of carbonyl (C=O) groups excluding carboxylic acids is 4. The average molecular weight is 646 g/mol. The normalized spacial score (nSPS) is 22.5. The molecule has 0 saturated carbocycles. The number of likely N-dealkylation sites (tertiary alicyclic amines) is 1. The Kier molecular flexibility index (Phi) is 8.86. The zero-order valence-corrected chi connectivity index (χ0v) is 26.5. The fraction of sp³-hybridized carbons (Fsp3) is 0.382. The summed E-state index contributed by atoms with van der Waals surface area (Å²) in [7, 11) is 1.28. The number of halogens is 1. The summed E-state index contributed by atoms with van der Waals surface area (Å²) in [6, 6.07) is 14.4. The predicted octanol–water partition coefficient (Wildman–Crippen LogP) is 6.89. The number of piperidine rings is 1. The standard InChI is InChI=1S/C34H36ClN5O6/c1-20-5-3-6-22(16-30(41)40-14-4-12-34(19-40)26-17-23(35)7-10-27(26)39-33(44)46-34)28-15-21(11-13-36-28)25-9-8-24(37-32(43)45-2)18-29(25)38-31(20)42/h7-11,13,15,17-18,20,22H,3-6,12,14,16,19H2,1-2H3,(H,37,43)(H,38,42)(H,39,44)/t20-,22+,34-/m0/s1. The highest BCUT2D eigenvalue weighted by Gasteiger charge is 2.46. The Hall–Kier alpha value is -4.64. The fourth-order valence-corrected chi connectivity index (χ4v) is 6.82. The van der Waals surface area contributed by atoms with E-state index in [-0.39, 0.29) is 36.6 Å². The highest BCUT2D eigenvalue weighted by molar-refractivity contribution is 6.30. The molecule has 3 aliphatic heterocycles. The molecule has 1 aromatic heterocycles. The van der Waals surface area contributed by atoms with Gasteiger partial charge in [0, 0.05) is 58.5 Å². The molecule has 0 aliphatic carbocycles. The van der Waals surface area contributed by atoms with Crippen molar-refractivity contribution in [3.05, 3.63) is 71.0 Å². The third kappa shape index (κ3) is 6.50. The van der Waals surface area contributed by atoms with Gasteiger partial charge in [0.05, 0.1) is 25.0 Å². The third-order valence-electron chi connectivity index (χ3n) is 9.08. The molecule has 2 aromatic carbocycles. The molecule has 3 aromatic rings. The molecule has 240 valence electrons. The molecule has 0 unspecified atom stereocenters. The molecule has 12 heteroatoms. The predicted molar refractivity (Wildman–Crippen MR) is 174 cm³/mol. The van der Waals surface area contributed by atoms with Gasteiger partial charge in [-0.25, -0.2) is 9.59 Å². The van der Waals surface area contributed by atoms with Crippen molar-refractivity contribution >= 4 is 52.7 Å². The van der Waals surface area contributed by atoms with Gasteiger partial charge in [0.1, 0.15) is 0 Å². The van der Waals surface area contributed by atoms with Crippen LogP contribution in [-0.2, 0) is 24.7 Å². The van der Waals surface area contributed by atoms with E-state index in [9.17, 15) is 19.2 Å². The number of nitrogens with one attached hydrogen (secondary N) is 3. The molecule has 1 fully saturated rings. The number of ether oxygens (including phenoxy) is 2. The quantitative estimate of drug-likeness (QED) is 0.282. The minimum atomic E-state index is -0.977. The summed E-state index contributed by atoms with van der Waals surface area (Å²) in [5, 5.41) is 8.96. The Morgan fingerprint density at radius 1 is 1.09 bits per heavy atom. The topological polar surface area (TPSA) is 139 Å². The minimum Gasteiger partial charge on any atom is -0.453 e. The van der Waals surface area contributed by atoms with E-state index in [2.05, 4.69) is 16.0 Å². The van der Waals surface area contributed by atoms with E-state index in [1.165, 1.54) is 7.11 Å². The highest BCUT2D eigenvalue weighted by atomic mass is 35.5. The van der Waals surface area contributed by atoms with Crippen molar-refractivity contribution in [2.24, 2.45) is 5.92 Å². The average Bonchev–Trinajstić information content (AvgIpc) is 3.04. The fourth-order valence-electron chi connectivity index (χ4n) is 6.65. The lowest BCUT2D eigenvalue weighted by atomic mass is 9.83. The highest BCUT2D eigenvalue weighted by Crippen LogP contribution is 2.44. The maximum atomic E-state index is 14.0. The van der Waals surface area contributed by atoms with Gasteiger partial charge in [-0.05, 0) is 73.7 Å². The first-order valence-corrected chi connectivity index (χ1v) is 15.9. The van der Waals surface area contributed by atoms with Crippen molar-refractivity contribution in [2.45, 2.75) is 57.0 Å². The van der Waals surface area contributed by atoms with Crippen molar-refractivity contribution < 1.29 is 28.7 Å². The van der Waals surface area contributed by atoms with Crippen LogP contribution < -0.4 is 16.0 Å². The first-order valence-electron chi connectivity index (χ1n) is 15.5. The summed E-state index contributed by atoms with van der Waals surface area (Å²) in [5.74, 6) is -0.655. The maximum Gasteiger partial charge on any atom is 0.412 e. The Morgan fingerprint density at radius 3 is 2.76 bits per heavy atom. The molecule has 3 aliphatic rings. The molecule has 3 atom stereocenters. The lowest BCUT2D eigenvalue weighted by molar-refractivity contribution is -0.139. The van der Waals surface area contributed by atoms with Crippen molar-refractivity contribution in [3.63, 3.8) is 0 Å². The van der Waals surface area contributed by atoms with Gasteiger partial charge in [-0.1, -0.05) is 31.0 Å². The molecular weight excluding hydrogens is 610 g/mol. The van der Waals surface area contributed by atoms with E-state index in [4.69, 9.17) is 26.1 Å². The van der Waals surface area contributed by atoms with Crippen LogP contribution >= 0.6 is 11.6 Å². The van der Waals surface area contributed by atoms with Crippen LogP contribution in [0.1, 0.15) is 62.6 Å². The minimum absolute atomic E-state index is 0.0498. The molecule has 4 heterocycles. The van der Waals surface area contributed by atoms with Gasteiger partial charge >= 0.3 is 12.2 Å². The van der Waals surface area contributed by atoms with E-state index < -0.39 is 17.8 Å². The summed E-state index contributed by atoms with van der Waals surface area (Å²) in [6.07, 6.45) is 4.04. The lowest BCUT2D eigenvalue weighted by Gasteiger charge is -2.45. The number of amides is 4. The number of pyridine rings is 1. The van der Waals surface area contributed by atoms with Gasteiger partial charge in [-0.15, -0.1) is 0 Å². The zero-order valence-electron chi connectivity index (χ0n) is 25.7. The number of fused-ring (bicyclic) bond motifs is 6. The van der Waals surface area contributed by atoms with E-state index >= 15 is 0 Å². The van der Waals surface area contributed by atoms with Gasteiger partial charge in [0.25, 0.3) is 0 Å². The molecule has 2 bridgehead atoms. The molecular formula is C34H36ClN5O6. The zero-order chi connectivity index (χ0) is 32.4. The third-order valence-corrected chi connectivity index (χ3v) is 9.32. The monoisotopic (exact) mass is 645 g/mol. The molecule has 0 radical (unpaired) electrons. The second-order valence-corrected chi connectivity index (χ2v) is 12.6.